The van der Waals surface area contributed by atoms with E-state index in [2.05, 4.69) is 20.8 Å². The zero-order valence-electron chi connectivity index (χ0n) is 10.4. The SMILES string of the molecule is CC(C)C1CCC(C)(OCCCCl)CC1. The lowest BCUT2D eigenvalue weighted by molar-refractivity contribution is -0.0673. The van der Waals surface area contributed by atoms with Gasteiger partial charge in [0.2, 0.25) is 0 Å². The zero-order valence-corrected chi connectivity index (χ0v) is 11.1. The van der Waals surface area contributed by atoms with Crippen LogP contribution in [0.1, 0.15) is 52.9 Å². The van der Waals surface area contributed by atoms with Crippen LogP contribution in [0.4, 0.5) is 0 Å². The van der Waals surface area contributed by atoms with Crippen LogP contribution in [0.3, 0.4) is 0 Å². The highest BCUT2D eigenvalue weighted by Gasteiger charge is 2.32. The van der Waals surface area contributed by atoms with Gasteiger partial charge < -0.3 is 4.74 Å². The van der Waals surface area contributed by atoms with Gasteiger partial charge in [0.05, 0.1) is 5.60 Å². The lowest BCUT2D eigenvalue weighted by Gasteiger charge is -2.38. The van der Waals surface area contributed by atoms with E-state index in [1.54, 1.807) is 0 Å². The summed E-state index contributed by atoms with van der Waals surface area (Å²) in [5.41, 5.74) is 0.136. The Labute approximate surface area is 99.5 Å². The third-order valence-corrected chi connectivity index (χ3v) is 4.03. The van der Waals surface area contributed by atoms with Crippen molar-refractivity contribution in [3.05, 3.63) is 0 Å². The maximum absolute atomic E-state index is 5.95. The van der Waals surface area contributed by atoms with Gasteiger partial charge in [-0.15, -0.1) is 11.6 Å². The fourth-order valence-electron chi connectivity index (χ4n) is 2.43. The van der Waals surface area contributed by atoms with Crippen molar-refractivity contribution >= 4 is 11.6 Å². The molecule has 1 aliphatic rings. The summed E-state index contributed by atoms with van der Waals surface area (Å²) in [6.45, 7) is 7.76. The van der Waals surface area contributed by atoms with Gasteiger partial charge in [-0.3, -0.25) is 0 Å². The highest BCUT2D eigenvalue weighted by Crippen LogP contribution is 2.37. The fourth-order valence-corrected chi connectivity index (χ4v) is 2.54. The minimum absolute atomic E-state index is 0.136. The maximum atomic E-state index is 5.95. The van der Waals surface area contributed by atoms with Crippen LogP contribution >= 0.6 is 11.6 Å². The van der Waals surface area contributed by atoms with Crippen molar-refractivity contribution in [3.8, 4) is 0 Å². The minimum Gasteiger partial charge on any atom is -0.375 e. The van der Waals surface area contributed by atoms with Gasteiger partial charge >= 0.3 is 0 Å². The van der Waals surface area contributed by atoms with Crippen LogP contribution in [0.25, 0.3) is 0 Å². The topological polar surface area (TPSA) is 9.23 Å². The quantitative estimate of drug-likeness (QED) is 0.509. The van der Waals surface area contributed by atoms with Gasteiger partial charge in [0.15, 0.2) is 0 Å². The molecule has 2 heteroatoms. The predicted molar refractivity (Wildman–Crippen MR) is 66.5 cm³/mol. The Morgan fingerprint density at radius 1 is 1.33 bits per heavy atom. The van der Waals surface area contributed by atoms with Crippen LogP contribution in [-0.2, 0) is 4.74 Å². The van der Waals surface area contributed by atoms with Gasteiger partial charge in [-0.1, -0.05) is 13.8 Å². The average molecular weight is 233 g/mol. The van der Waals surface area contributed by atoms with Crippen LogP contribution in [0, 0.1) is 11.8 Å². The van der Waals surface area contributed by atoms with E-state index < -0.39 is 0 Å². The van der Waals surface area contributed by atoms with E-state index >= 15 is 0 Å². The first-order valence-electron chi connectivity index (χ1n) is 6.27. The summed E-state index contributed by atoms with van der Waals surface area (Å²) in [5.74, 6) is 2.46. The summed E-state index contributed by atoms with van der Waals surface area (Å²) in [7, 11) is 0. The first-order valence-corrected chi connectivity index (χ1v) is 6.81. The normalized spacial score (nSPS) is 32.2. The molecule has 0 spiro atoms. The van der Waals surface area contributed by atoms with Crippen molar-refractivity contribution in [3.63, 3.8) is 0 Å². The van der Waals surface area contributed by atoms with Crippen LogP contribution in [-0.4, -0.2) is 18.1 Å². The fraction of sp³-hybridized carbons (Fsp3) is 1.00. The van der Waals surface area contributed by atoms with Crippen LogP contribution in [0.2, 0.25) is 0 Å². The molecule has 15 heavy (non-hydrogen) atoms. The highest BCUT2D eigenvalue weighted by molar-refractivity contribution is 6.17. The molecule has 0 amide bonds. The Morgan fingerprint density at radius 2 is 1.93 bits per heavy atom. The van der Waals surface area contributed by atoms with E-state index in [4.69, 9.17) is 16.3 Å². The summed E-state index contributed by atoms with van der Waals surface area (Å²) >= 11 is 5.65. The van der Waals surface area contributed by atoms with E-state index in [-0.39, 0.29) is 5.60 Å². The number of halogens is 1. The Balaban J connectivity index is 2.27. The van der Waals surface area contributed by atoms with Crippen molar-refractivity contribution in [2.75, 3.05) is 12.5 Å². The lowest BCUT2D eigenvalue weighted by atomic mass is 9.75. The molecule has 1 rings (SSSR count). The second-order valence-electron chi connectivity index (χ2n) is 5.42. The van der Waals surface area contributed by atoms with Crippen molar-refractivity contribution in [2.24, 2.45) is 11.8 Å². The van der Waals surface area contributed by atoms with Gasteiger partial charge in [0, 0.05) is 12.5 Å². The third kappa shape index (κ3) is 4.32. The van der Waals surface area contributed by atoms with E-state index in [1.807, 2.05) is 0 Å². The third-order valence-electron chi connectivity index (χ3n) is 3.76. The van der Waals surface area contributed by atoms with Gasteiger partial charge in [0.25, 0.3) is 0 Å². The molecule has 1 fully saturated rings. The summed E-state index contributed by atoms with van der Waals surface area (Å²) in [6.07, 6.45) is 6.07. The van der Waals surface area contributed by atoms with Gasteiger partial charge in [-0.2, -0.15) is 0 Å². The van der Waals surface area contributed by atoms with Gasteiger partial charge in [-0.25, -0.2) is 0 Å². The molecule has 0 aromatic carbocycles. The molecule has 0 saturated heterocycles. The van der Waals surface area contributed by atoms with Crippen molar-refractivity contribution in [1.82, 2.24) is 0 Å². The number of hydrogen-bond acceptors (Lipinski definition) is 1. The monoisotopic (exact) mass is 232 g/mol. The molecular weight excluding hydrogens is 208 g/mol. The molecular formula is C13H25ClO. The van der Waals surface area contributed by atoms with Gasteiger partial charge in [0.1, 0.15) is 0 Å². The molecule has 0 aromatic rings. The van der Waals surface area contributed by atoms with Crippen molar-refractivity contribution < 1.29 is 4.74 Å². The van der Waals surface area contributed by atoms with Gasteiger partial charge in [-0.05, 0) is 50.9 Å². The Morgan fingerprint density at radius 3 is 2.40 bits per heavy atom. The second-order valence-corrected chi connectivity index (χ2v) is 5.80. The summed E-state index contributed by atoms with van der Waals surface area (Å²) in [5, 5.41) is 0. The second kappa shape index (κ2) is 6.10. The molecule has 0 unspecified atom stereocenters. The Kier molecular flexibility index (Phi) is 5.42. The minimum atomic E-state index is 0.136. The van der Waals surface area contributed by atoms with E-state index in [9.17, 15) is 0 Å². The Hall–Kier alpha value is 0.250. The molecule has 1 aliphatic carbocycles. The molecule has 0 N–H and O–H groups in total. The van der Waals surface area contributed by atoms with Crippen molar-refractivity contribution in [1.29, 1.82) is 0 Å². The molecule has 1 nitrogen and oxygen atoms in total. The first kappa shape index (κ1) is 13.3. The van der Waals surface area contributed by atoms with E-state index in [0.717, 1.165) is 24.9 Å². The molecule has 0 bridgehead atoms. The average Bonchev–Trinajstić information content (AvgIpc) is 2.18. The van der Waals surface area contributed by atoms with Crippen LogP contribution in [0.5, 0.6) is 0 Å². The molecule has 90 valence electrons. The molecule has 0 aromatic heterocycles. The van der Waals surface area contributed by atoms with E-state index in [1.165, 1.54) is 25.7 Å². The Bertz CT molecular complexity index is 171. The van der Waals surface area contributed by atoms with E-state index in [0.29, 0.717) is 5.88 Å². The zero-order chi connectivity index (χ0) is 11.3. The van der Waals surface area contributed by atoms with Crippen molar-refractivity contribution in [2.45, 2.75) is 58.5 Å². The van der Waals surface area contributed by atoms with Crippen LogP contribution < -0.4 is 0 Å². The summed E-state index contributed by atoms with van der Waals surface area (Å²) in [4.78, 5) is 0. The summed E-state index contributed by atoms with van der Waals surface area (Å²) < 4.78 is 5.95. The maximum Gasteiger partial charge on any atom is 0.0654 e. The molecule has 0 heterocycles. The highest BCUT2D eigenvalue weighted by atomic mass is 35.5. The molecule has 0 radical (unpaired) electrons. The standard InChI is InChI=1S/C13H25ClO/c1-11(2)12-5-7-13(3,8-6-12)15-10-4-9-14/h11-12H,4-10H2,1-3H3. The number of hydrogen-bond donors (Lipinski definition) is 0. The predicted octanol–water partition coefficient (Wildman–Crippen LogP) is 4.24. The largest absolute Gasteiger partial charge is 0.375 e. The smallest absolute Gasteiger partial charge is 0.0654 e. The number of alkyl halides is 1. The molecule has 0 atom stereocenters. The van der Waals surface area contributed by atoms with Crippen LogP contribution in [0.15, 0.2) is 0 Å². The molecule has 0 aliphatic heterocycles. The number of ether oxygens (including phenoxy) is 1. The lowest BCUT2D eigenvalue weighted by Crippen LogP contribution is -2.35. The summed E-state index contributed by atoms with van der Waals surface area (Å²) in [6, 6.07) is 0. The molecule has 1 saturated carbocycles. The number of rotatable bonds is 5. The first-order chi connectivity index (χ1) is 7.07.